The van der Waals surface area contributed by atoms with Crippen LogP contribution in [0.5, 0.6) is 17.2 Å². The van der Waals surface area contributed by atoms with Gasteiger partial charge in [-0.15, -0.1) is 0 Å². The van der Waals surface area contributed by atoms with Crippen LogP contribution in [0.15, 0.2) is 84.9 Å². The minimum atomic E-state index is 0.123. The Morgan fingerprint density at radius 2 is 1.68 bits per heavy atom. The van der Waals surface area contributed by atoms with Crippen molar-refractivity contribution in [3.05, 3.63) is 118 Å². The normalized spacial score (nSPS) is 18.0. The first-order chi connectivity index (χ1) is 22.9. The second-order valence-electron chi connectivity index (χ2n) is 13.0. The summed E-state index contributed by atoms with van der Waals surface area (Å²) in [7, 11) is 0. The average Bonchev–Trinajstić information content (AvgIpc) is 3.09. The highest BCUT2D eigenvalue weighted by atomic mass is 16.5. The fourth-order valence-electron chi connectivity index (χ4n) is 7.30. The van der Waals surface area contributed by atoms with Crippen LogP contribution >= 0.6 is 0 Å². The highest BCUT2D eigenvalue weighted by Crippen LogP contribution is 2.47. The maximum Gasteiger partial charge on any atom is 0.160 e. The lowest BCUT2D eigenvalue weighted by Crippen LogP contribution is -2.46. The van der Waals surface area contributed by atoms with Gasteiger partial charge in [0.25, 0.3) is 0 Å². The number of hydrogen-bond donors (Lipinski definition) is 1. The minimum Gasteiger partial charge on any atom is -0.508 e. The van der Waals surface area contributed by atoms with Crippen LogP contribution in [-0.2, 0) is 6.42 Å². The molecule has 2 heterocycles. The molecular weight excluding hydrogens is 584 g/mol. The molecule has 0 bridgehead atoms. The number of benzene rings is 4. The topological polar surface area (TPSA) is 62.2 Å². The first-order valence-corrected chi connectivity index (χ1v) is 17.3. The molecule has 0 amide bonds. The monoisotopic (exact) mass is 632 g/mol. The molecule has 2 aliphatic rings. The van der Waals surface area contributed by atoms with Gasteiger partial charge in [-0.1, -0.05) is 49.4 Å². The van der Waals surface area contributed by atoms with Gasteiger partial charge in [-0.3, -0.25) is 9.69 Å². The zero-order valence-electron chi connectivity index (χ0n) is 28.1. The van der Waals surface area contributed by atoms with Gasteiger partial charge in [0.2, 0.25) is 0 Å². The van der Waals surface area contributed by atoms with Gasteiger partial charge in [0.15, 0.2) is 5.78 Å². The van der Waals surface area contributed by atoms with Gasteiger partial charge < -0.3 is 19.5 Å². The number of Topliss-reactive ketones (excluding diaryl/α,β-unsaturated/α-hetero) is 1. The summed E-state index contributed by atoms with van der Waals surface area (Å²) in [5, 5.41) is 10.1. The summed E-state index contributed by atoms with van der Waals surface area (Å²) >= 11 is 0. The van der Waals surface area contributed by atoms with E-state index in [9.17, 15) is 9.90 Å². The SMILES string of the molecule is CCc1cc(N2CCN(CCCCCOc3ccc(C4c5ccc(O)cc5OCC4c4ccccc4C)cc3)CC2)ccc1C(C)=O. The van der Waals surface area contributed by atoms with Crippen LogP contribution in [0.25, 0.3) is 0 Å². The Balaban J connectivity index is 0.966. The van der Waals surface area contributed by atoms with E-state index in [0.29, 0.717) is 13.2 Å². The summed E-state index contributed by atoms with van der Waals surface area (Å²) in [6.07, 6.45) is 4.24. The third-order valence-corrected chi connectivity index (χ3v) is 9.95. The molecule has 6 heteroatoms. The van der Waals surface area contributed by atoms with Gasteiger partial charge in [0, 0.05) is 60.9 Å². The van der Waals surface area contributed by atoms with Crippen molar-refractivity contribution in [3.8, 4) is 17.2 Å². The molecule has 6 rings (SSSR count). The number of anilines is 1. The third-order valence-electron chi connectivity index (χ3n) is 9.95. The summed E-state index contributed by atoms with van der Waals surface area (Å²) in [5.41, 5.74) is 8.12. The van der Waals surface area contributed by atoms with Crippen molar-refractivity contribution in [2.45, 2.75) is 58.3 Å². The van der Waals surface area contributed by atoms with Crippen LogP contribution in [0.4, 0.5) is 5.69 Å². The zero-order chi connectivity index (χ0) is 32.8. The molecule has 0 saturated carbocycles. The minimum absolute atomic E-state index is 0.123. The summed E-state index contributed by atoms with van der Waals surface area (Å²) in [6, 6.07) is 28.9. The Labute approximate surface area is 279 Å². The molecule has 2 unspecified atom stereocenters. The molecule has 47 heavy (non-hydrogen) atoms. The Hall–Kier alpha value is -4.29. The van der Waals surface area contributed by atoms with Crippen molar-refractivity contribution in [3.63, 3.8) is 0 Å². The number of piperazine rings is 1. The number of phenolic OH excluding ortho intramolecular Hbond substituents is 1. The number of hydrogen-bond acceptors (Lipinski definition) is 6. The number of carbonyl (C=O) groups is 1. The molecule has 1 saturated heterocycles. The molecule has 1 fully saturated rings. The molecule has 0 radical (unpaired) electrons. The summed E-state index contributed by atoms with van der Waals surface area (Å²) in [4.78, 5) is 16.9. The van der Waals surface area contributed by atoms with E-state index in [2.05, 4.69) is 84.3 Å². The van der Waals surface area contributed by atoms with Crippen molar-refractivity contribution >= 4 is 11.5 Å². The summed E-state index contributed by atoms with van der Waals surface area (Å²) in [6.45, 7) is 12.5. The number of unbranched alkanes of at least 4 members (excludes halogenated alkanes) is 2. The van der Waals surface area contributed by atoms with Crippen molar-refractivity contribution in [1.82, 2.24) is 4.90 Å². The molecule has 0 spiro atoms. The number of carbonyl (C=O) groups excluding carboxylic acids is 1. The quantitative estimate of drug-likeness (QED) is 0.126. The van der Waals surface area contributed by atoms with Crippen molar-refractivity contribution < 1.29 is 19.4 Å². The van der Waals surface area contributed by atoms with Gasteiger partial charge in [0.1, 0.15) is 17.2 Å². The predicted octanol–water partition coefficient (Wildman–Crippen LogP) is 8.15. The maximum absolute atomic E-state index is 11.9. The second-order valence-corrected chi connectivity index (χ2v) is 13.0. The van der Waals surface area contributed by atoms with E-state index >= 15 is 0 Å². The molecule has 0 aliphatic carbocycles. The zero-order valence-corrected chi connectivity index (χ0v) is 28.1. The summed E-state index contributed by atoms with van der Waals surface area (Å²) in [5.74, 6) is 2.33. The molecule has 4 aromatic rings. The van der Waals surface area contributed by atoms with E-state index in [4.69, 9.17) is 9.47 Å². The number of nitrogens with zero attached hydrogens (tertiary/aromatic N) is 2. The van der Waals surface area contributed by atoms with E-state index in [1.807, 2.05) is 12.1 Å². The van der Waals surface area contributed by atoms with Crippen LogP contribution in [0.2, 0.25) is 0 Å². The molecule has 0 aromatic heterocycles. The molecule has 1 N–H and O–H groups in total. The number of aromatic hydroxyl groups is 1. The Morgan fingerprint density at radius 3 is 2.43 bits per heavy atom. The standard InChI is InChI=1S/C41H48N2O4/c1-4-31-26-33(14-18-37(31)30(3)44)43-23-21-42(22-24-43)20-8-5-9-25-46-35-16-12-32(13-17-35)41-38-19-15-34(45)27-40(38)47-28-39(41)36-11-7-6-10-29(36)2/h6-7,10-19,26-27,39,41,45H,4-5,8-9,20-25,28H2,1-3H3. The van der Waals surface area contributed by atoms with Gasteiger partial charge in [0.05, 0.1) is 13.2 Å². The molecule has 4 aromatic carbocycles. The maximum atomic E-state index is 11.9. The van der Waals surface area contributed by atoms with Crippen LogP contribution in [0.3, 0.4) is 0 Å². The summed E-state index contributed by atoms with van der Waals surface area (Å²) < 4.78 is 12.3. The number of aryl methyl sites for hydroxylation is 2. The van der Waals surface area contributed by atoms with Crippen molar-refractivity contribution in [2.24, 2.45) is 0 Å². The first kappa shape index (κ1) is 32.6. The van der Waals surface area contributed by atoms with Crippen LogP contribution in [-0.4, -0.2) is 61.7 Å². The number of fused-ring (bicyclic) bond motifs is 1. The molecule has 246 valence electrons. The number of ether oxygens (including phenoxy) is 2. The molecule has 6 nitrogen and oxygen atoms in total. The fraction of sp³-hybridized carbons (Fsp3) is 0.390. The van der Waals surface area contributed by atoms with Gasteiger partial charge in [-0.2, -0.15) is 0 Å². The van der Waals surface area contributed by atoms with E-state index < -0.39 is 0 Å². The molecule has 2 atom stereocenters. The Bertz CT molecular complexity index is 1660. The highest BCUT2D eigenvalue weighted by Gasteiger charge is 2.34. The lowest BCUT2D eigenvalue weighted by atomic mass is 9.75. The van der Waals surface area contributed by atoms with E-state index in [1.165, 1.54) is 28.8 Å². The average molecular weight is 633 g/mol. The first-order valence-electron chi connectivity index (χ1n) is 17.3. The third kappa shape index (κ3) is 7.65. The Kier molecular flexibility index (Phi) is 10.5. The number of phenols is 1. The van der Waals surface area contributed by atoms with Gasteiger partial charge in [-0.05, 0) is 105 Å². The number of rotatable bonds is 12. The number of ketones is 1. The lowest BCUT2D eigenvalue weighted by molar-refractivity contribution is 0.101. The fourth-order valence-corrected chi connectivity index (χ4v) is 7.30. The predicted molar refractivity (Wildman–Crippen MR) is 190 cm³/mol. The van der Waals surface area contributed by atoms with E-state index in [0.717, 1.165) is 80.2 Å². The Morgan fingerprint density at radius 1 is 0.894 bits per heavy atom. The largest absolute Gasteiger partial charge is 0.508 e. The lowest BCUT2D eigenvalue weighted by Gasteiger charge is -2.36. The van der Waals surface area contributed by atoms with Crippen LogP contribution < -0.4 is 14.4 Å². The van der Waals surface area contributed by atoms with Gasteiger partial charge >= 0.3 is 0 Å². The van der Waals surface area contributed by atoms with E-state index in [1.54, 1.807) is 19.1 Å². The van der Waals surface area contributed by atoms with Crippen molar-refractivity contribution in [2.75, 3.05) is 50.8 Å². The van der Waals surface area contributed by atoms with Crippen molar-refractivity contribution in [1.29, 1.82) is 0 Å². The van der Waals surface area contributed by atoms with Gasteiger partial charge in [-0.25, -0.2) is 0 Å². The smallest absolute Gasteiger partial charge is 0.160 e. The van der Waals surface area contributed by atoms with Crippen LogP contribution in [0, 0.1) is 6.92 Å². The van der Waals surface area contributed by atoms with Crippen LogP contribution in [0.1, 0.15) is 83.1 Å². The van der Waals surface area contributed by atoms with E-state index in [-0.39, 0.29) is 23.4 Å². The highest BCUT2D eigenvalue weighted by molar-refractivity contribution is 5.96. The molecule has 2 aliphatic heterocycles. The molecular formula is C41H48N2O4. The second kappa shape index (κ2) is 15.1.